The molecule has 3 aromatic rings. The van der Waals surface area contributed by atoms with Crippen LogP contribution in [0.5, 0.6) is 5.75 Å². The maximum Gasteiger partial charge on any atom is 0.308 e. The Morgan fingerprint density at radius 1 is 1.11 bits per heavy atom. The SMILES string of the molecule is COC(=O)C[C@H](O)C[C@H](O)CCc1c(C(C)C)nc2c(c1-c1ccc(F)cc1)CCOc1ccccc1-2. The average molecular weight is 508 g/mol. The van der Waals surface area contributed by atoms with Crippen LogP contribution in [0.15, 0.2) is 48.5 Å². The number of methoxy groups -OCH3 is 1. The van der Waals surface area contributed by atoms with E-state index in [9.17, 15) is 19.4 Å². The van der Waals surface area contributed by atoms with Crippen molar-refractivity contribution in [2.45, 2.75) is 64.1 Å². The molecule has 0 radical (unpaired) electrons. The van der Waals surface area contributed by atoms with E-state index >= 15 is 0 Å². The number of esters is 1. The van der Waals surface area contributed by atoms with Crippen LogP contribution in [0.4, 0.5) is 4.39 Å². The van der Waals surface area contributed by atoms with Gasteiger partial charge in [0.2, 0.25) is 0 Å². The Hall–Kier alpha value is -3.29. The Balaban J connectivity index is 1.78. The fourth-order valence-electron chi connectivity index (χ4n) is 5.00. The van der Waals surface area contributed by atoms with Gasteiger partial charge in [0.25, 0.3) is 0 Å². The summed E-state index contributed by atoms with van der Waals surface area (Å²) in [4.78, 5) is 16.6. The van der Waals surface area contributed by atoms with Crippen LogP contribution < -0.4 is 4.74 Å². The molecule has 1 aromatic heterocycles. The number of nitrogens with zero attached hydrogens (tertiary/aromatic N) is 1. The van der Waals surface area contributed by atoms with Crippen LogP contribution in [0.2, 0.25) is 0 Å². The molecule has 6 nitrogen and oxygen atoms in total. The molecule has 37 heavy (non-hydrogen) atoms. The first-order valence-corrected chi connectivity index (χ1v) is 12.7. The maximum absolute atomic E-state index is 13.9. The number of carbonyl (C=O) groups excluding carboxylic acids is 1. The van der Waals surface area contributed by atoms with Gasteiger partial charge in [0, 0.05) is 17.7 Å². The quantitative estimate of drug-likeness (QED) is 0.386. The van der Waals surface area contributed by atoms with Crippen molar-refractivity contribution in [3.05, 3.63) is 71.2 Å². The van der Waals surface area contributed by atoms with E-state index in [4.69, 9.17) is 9.72 Å². The predicted molar refractivity (Wildman–Crippen MR) is 140 cm³/mol. The minimum atomic E-state index is -0.984. The minimum absolute atomic E-state index is 0.0670. The number of carbonyl (C=O) groups is 1. The van der Waals surface area contributed by atoms with E-state index in [1.165, 1.54) is 19.2 Å². The molecule has 2 heterocycles. The minimum Gasteiger partial charge on any atom is -0.493 e. The molecule has 2 aromatic carbocycles. The summed E-state index contributed by atoms with van der Waals surface area (Å²) in [5, 5.41) is 20.9. The van der Waals surface area contributed by atoms with Crippen molar-refractivity contribution in [2.75, 3.05) is 13.7 Å². The number of rotatable bonds is 9. The summed E-state index contributed by atoms with van der Waals surface area (Å²) in [7, 11) is 1.27. The standard InChI is InChI=1S/C30H34FNO5/c1-18(2)29-24(13-12-21(33)16-22(34)17-27(35)36-3)28(19-8-10-20(31)11-9-19)25-14-15-37-26-7-5-4-6-23(26)30(25)32-29/h4-11,18,21-22,33-34H,12-17H2,1-3H3/t21-,22-/m1/s1. The Kier molecular flexibility index (Phi) is 8.56. The second-order valence-corrected chi connectivity index (χ2v) is 9.80. The Morgan fingerprint density at radius 2 is 1.84 bits per heavy atom. The summed E-state index contributed by atoms with van der Waals surface area (Å²) in [6, 6.07) is 14.4. The maximum atomic E-state index is 13.9. The van der Waals surface area contributed by atoms with Crippen LogP contribution in [-0.2, 0) is 22.4 Å². The van der Waals surface area contributed by atoms with Gasteiger partial charge in [0.15, 0.2) is 0 Å². The molecule has 0 unspecified atom stereocenters. The van der Waals surface area contributed by atoms with Crippen LogP contribution in [0.3, 0.4) is 0 Å². The summed E-state index contributed by atoms with van der Waals surface area (Å²) in [6.45, 7) is 4.66. The second-order valence-electron chi connectivity index (χ2n) is 9.80. The topological polar surface area (TPSA) is 88.9 Å². The van der Waals surface area contributed by atoms with E-state index in [0.29, 0.717) is 25.9 Å². The summed E-state index contributed by atoms with van der Waals surface area (Å²) in [5.41, 5.74) is 6.63. The molecule has 2 atom stereocenters. The van der Waals surface area contributed by atoms with E-state index in [-0.39, 0.29) is 24.6 Å². The lowest BCUT2D eigenvalue weighted by Crippen LogP contribution is -2.22. The normalized spacial score (nSPS) is 14.2. The lowest BCUT2D eigenvalue weighted by molar-refractivity contribution is -0.143. The number of para-hydroxylation sites is 1. The van der Waals surface area contributed by atoms with Gasteiger partial charge in [-0.3, -0.25) is 9.78 Å². The monoisotopic (exact) mass is 507 g/mol. The second kappa shape index (κ2) is 11.8. The zero-order chi connectivity index (χ0) is 26.5. The third kappa shape index (κ3) is 6.17. The van der Waals surface area contributed by atoms with Crippen LogP contribution in [-0.4, -0.2) is 47.1 Å². The van der Waals surface area contributed by atoms with E-state index in [1.807, 2.05) is 24.3 Å². The van der Waals surface area contributed by atoms with Gasteiger partial charge in [-0.05, 0) is 71.7 Å². The van der Waals surface area contributed by atoms with Crippen molar-refractivity contribution in [2.24, 2.45) is 0 Å². The van der Waals surface area contributed by atoms with E-state index in [0.717, 1.165) is 45.0 Å². The Labute approximate surface area is 217 Å². The van der Waals surface area contributed by atoms with Gasteiger partial charge in [-0.1, -0.05) is 38.1 Å². The number of hydrogen-bond acceptors (Lipinski definition) is 6. The molecule has 0 amide bonds. The third-order valence-corrected chi connectivity index (χ3v) is 6.76. The first kappa shape index (κ1) is 26.8. The number of fused-ring (bicyclic) bond motifs is 3. The molecule has 1 aliphatic heterocycles. The van der Waals surface area contributed by atoms with E-state index in [1.54, 1.807) is 12.1 Å². The average Bonchev–Trinajstić information content (AvgIpc) is 3.06. The lowest BCUT2D eigenvalue weighted by Gasteiger charge is -2.24. The summed E-state index contributed by atoms with van der Waals surface area (Å²) in [5.74, 6) is 0.0604. The molecule has 4 rings (SSSR count). The summed E-state index contributed by atoms with van der Waals surface area (Å²) in [6.07, 6.45) is -0.376. The zero-order valence-electron chi connectivity index (χ0n) is 21.5. The van der Waals surface area contributed by atoms with E-state index in [2.05, 4.69) is 18.6 Å². The number of hydrogen-bond donors (Lipinski definition) is 2. The highest BCUT2D eigenvalue weighted by molar-refractivity contribution is 5.82. The van der Waals surface area contributed by atoms with Gasteiger partial charge in [0.1, 0.15) is 11.6 Å². The molecule has 0 fully saturated rings. The van der Waals surface area contributed by atoms with Crippen molar-refractivity contribution in [3.63, 3.8) is 0 Å². The van der Waals surface area contributed by atoms with Crippen molar-refractivity contribution in [1.29, 1.82) is 0 Å². The molecule has 2 N–H and O–H groups in total. The molecular weight excluding hydrogens is 473 g/mol. The third-order valence-electron chi connectivity index (χ3n) is 6.76. The highest BCUT2D eigenvalue weighted by Gasteiger charge is 2.27. The molecule has 196 valence electrons. The fourth-order valence-corrected chi connectivity index (χ4v) is 5.00. The number of aliphatic hydroxyl groups excluding tert-OH is 2. The largest absolute Gasteiger partial charge is 0.493 e. The number of aliphatic hydroxyl groups is 2. The molecular formula is C30H34FNO5. The number of aromatic nitrogens is 1. The molecule has 7 heteroatoms. The highest BCUT2D eigenvalue weighted by atomic mass is 19.1. The van der Waals surface area contributed by atoms with Crippen molar-refractivity contribution in [3.8, 4) is 28.1 Å². The smallest absolute Gasteiger partial charge is 0.308 e. The van der Waals surface area contributed by atoms with Crippen molar-refractivity contribution < 1.29 is 28.9 Å². The van der Waals surface area contributed by atoms with Crippen LogP contribution >= 0.6 is 0 Å². The Morgan fingerprint density at radius 3 is 2.54 bits per heavy atom. The van der Waals surface area contributed by atoms with Gasteiger partial charge in [-0.15, -0.1) is 0 Å². The fraction of sp³-hybridized carbons (Fsp3) is 0.400. The van der Waals surface area contributed by atoms with Crippen LogP contribution in [0.1, 0.15) is 55.8 Å². The summed E-state index contributed by atoms with van der Waals surface area (Å²) < 4.78 is 24.5. The molecule has 0 bridgehead atoms. The van der Waals surface area contributed by atoms with Gasteiger partial charge in [-0.25, -0.2) is 4.39 Å². The highest BCUT2D eigenvalue weighted by Crippen LogP contribution is 2.42. The molecule has 0 aliphatic carbocycles. The van der Waals surface area contributed by atoms with E-state index < -0.39 is 18.2 Å². The predicted octanol–water partition coefficient (Wildman–Crippen LogP) is 5.22. The molecule has 1 aliphatic rings. The zero-order valence-corrected chi connectivity index (χ0v) is 21.5. The van der Waals surface area contributed by atoms with Gasteiger partial charge in [-0.2, -0.15) is 0 Å². The molecule has 0 spiro atoms. The lowest BCUT2D eigenvalue weighted by atomic mass is 9.84. The van der Waals surface area contributed by atoms with Crippen LogP contribution in [0, 0.1) is 5.82 Å². The number of benzene rings is 2. The molecule has 0 saturated carbocycles. The van der Waals surface area contributed by atoms with Gasteiger partial charge >= 0.3 is 5.97 Å². The first-order chi connectivity index (χ1) is 17.8. The Bertz CT molecular complexity index is 1240. The van der Waals surface area contributed by atoms with Crippen molar-refractivity contribution >= 4 is 5.97 Å². The van der Waals surface area contributed by atoms with Crippen LogP contribution in [0.25, 0.3) is 22.4 Å². The number of ether oxygens (including phenoxy) is 2. The first-order valence-electron chi connectivity index (χ1n) is 12.7. The number of halogens is 1. The number of pyridine rings is 1. The van der Waals surface area contributed by atoms with Gasteiger partial charge in [0.05, 0.1) is 38.0 Å². The summed E-state index contributed by atoms with van der Waals surface area (Å²) >= 11 is 0. The molecule has 0 saturated heterocycles. The van der Waals surface area contributed by atoms with Crippen molar-refractivity contribution in [1.82, 2.24) is 4.98 Å². The van der Waals surface area contributed by atoms with Gasteiger partial charge < -0.3 is 19.7 Å².